The fraction of sp³-hybridized carbons (Fsp3) is 0.368. The van der Waals surface area contributed by atoms with Crippen LogP contribution in [0, 0.1) is 0 Å². The third-order valence-electron chi connectivity index (χ3n) is 3.99. The summed E-state index contributed by atoms with van der Waals surface area (Å²) in [7, 11) is 4.45. The number of benzene rings is 1. The van der Waals surface area contributed by atoms with Crippen molar-refractivity contribution < 1.29 is 23.8 Å². The summed E-state index contributed by atoms with van der Waals surface area (Å²) in [5.74, 6) is 0.615. The molecule has 7 nitrogen and oxygen atoms in total. The third kappa shape index (κ3) is 5.13. The Morgan fingerprint density at radius 2 is 1.78 bits per heavy atom. The molecule has 0 fully saturated rings. The zero-order valence-electron chi connectivity index (χ0n) is 15.9. The molecule has 0 spiro atoms. The molecule has 2 aromatic rings. The molecule has 2 amide bonds. The Bertz CT molecular complexity index is 751. The molecule has 0 unspecified atom stereocenters. The molecule has 8 heteroatoms. The number of nitrogens with zero attached hydrogens (tertiary/aromatic N) is 1. The topological polar surface area (TPSA) is 77.1 Å². The first-order valence-electron chi connectivity index (χ1n) is 8.42. The molecular weight excluding hydrogens is 368 g/mol. The highest BCUT2D eigenvalue weighted by molar-refractivity contribution is 7.09. The molecule has 0 radical (unpaired) electrons. The van der Waals surface area contributed by atoms with Gasteiger partial charge in [-0.2, -0.15) is 0 Å². The molecule has 0 bridgehead atoms. The van der Waals surface area contributed by atoms with E-state index >= 15 is 0 Å². The maximum absolute atomic E-state index is 12.5. The summed E-state index contributed by atoms with van der Waals surface area (Å²) in [6.07, 6.45) is 0. The largest absolute Gasteiger partial charge is 0.493 e. The highest BCUT2D eigenvalue weighted by Gasteiger charge is 2.19. The van der Waals surface area contributed by atoms with E-state index in [1.165, 1.54) is 21.3 Å². The van der Waals surface area contributed by atoms with Crippen LogP contribution < -0.4 is 19.5 Å². The van der Waals surface area contributed by atoms with Gasteiger partial charge in [0.1, 0.15) is 0 Å². The van der Waals surface area contributed by atoms with E-state index in [4.69, 9.17) is 14.2 Å². The Labute approximate surface area is 162 Å². The number of methoxy groups -OCH3 is 3. The molecule has 1 N–H and O–H groups in total. The van der Waals surface area contributed by atoms with Gasteiger partial charge in [0.15, 0.2) is 11.5 Å². The summed E-state index contributed by atoms with van der Waals surface area (Å²) in [4.78, 5) is 27.7. The monoisotopic (exact) mass is 392 g/mol. The van der Waals surface area contributed by atoms with Crippen LogP contribution in [0.3, 0.4) is 0 Å². The van der Waals surface area contributed by atoms with E-state index in [1.54, 1.807) is 28.4 Å². The van der Waals surface area contributed by atoms with Gasteiger partial charge < -0.3 is 24.4 Å². The molecule has 0 saturated heterocycles. The highest BCUT2D eigenvalue weighted by atomic mass is 32.1. The summed E-state index contributed by atoms with van der Waals surface area (Å²) < 4.78 is 15.7. The molecule has 1 aromatic heterocycles. The van der Waals surface area contributed by atoms with Gasteiger partial charge in [-0.15, -0.1) is 11.3 Å². The van der Waals surface area contributed by atoms with Gasteiger partial charge in [-0.1, -0.05) is 6.07 Å². The molecule has 146 valence electrons. The van der Waals surface area contributed by atoms with Crippen molar-refractivity contribution in [1.29, 1.82) is 0 Å². The summed E-state index contributed by atoms with van der Waals surface area (Å²) in [6, 6.07) is 7.02. The quantitative estimate of drug-likeness (QED) is 0.710. The average molecular weight is 392 g/mol. The van der Waals surface area contributed by atoms with Crippen molar-refractivity contribution >= 4 is 23.2 Å². The van der Waals surface area contributed by atoms with Gasteiger partial charge in [-0.05, 0) is 30.5 Å². The van der Waals surface area contributed by atoms with Crippen molar-refractivity contribution in [2.75, 3.05) is 34.4 Å². The number of hydrogen-bond acceptors (Lipinski definition) is 6. The minimum Gasteiger partial charge on any atom is -0.493 e. The van der Waals surface area contributed by atoms with Crippen LogP contribution in [0.25, 0.3) is 0 Å². The Hall–Kier alpha value is -2.74. The molecule has 1 heterocycles. The number of ether oxygens (including phenoxy) is 3. The van der Waals surface area contributed by atoms with E-state index in [-0.39, 0.29) is 12.5 Å². The second-order valence-corrected chi connectivity index (χ2v) is 6.62. The Morgan fingerprint density at radius 1 is 1.11 bits per heavy atom. The van der Waals surface area contributed by atoms with Crippen LogP contribution >= 0.6 is 11.3 Å². The van der Waals surface area contributed by atoms with Crippen molar-refractivity contribution in [3.05, 3.63) is 40.1 Å². The zero-order chi connectivity index (χ0) is 19.8. The molecule has 0 aliphatic carbocycles. The number of thiophene rings is 1. The van der Waals surface area contributed by atoms with E-state index in [9.17, 15) is 9.59 Å². The SMILES string of the molecule is CCN(Cc1cccs1)C(=O)CNC(=O)c1cc(OC)c(OC)c(OC)c1. The first kappa shape index (κ1) is 20.6. The van der Waals surface area contributed by atoms with Gasteiger partial charge in [-0.3, -0.25) is 9.59 Å². The average Bonchev–Trinajstić information content (AvgIpc) is 3.21. The lowest BCUT2D eigenvalue weighted by molar-refractivity contribution is -0.130. The summed E-state index contributed by atoms with van der Waals surface area (Å²) in [5, 5.41) is 4.63. The second kappa shape index (κ2) is 9.82. The van der Waals surface area contributed by atoms with Gasteiger partial charge in [0.05, 0.1) is 34.4 Å². The van der Waals surface area contributed by atoms with E-state index in [1.807, 2.05) is 24.4 Å². The molecule has 0 saturated carbocycles. The molecule has 1 aromatic carbocycles. The smallest absolute Gasteiger partial charge is 0.251 e. The first-order valence-corrected chi connectivity index (χ1v) is 9.30. The van der Waals surface area contributed by atoms with E-state index in [0.29, 0.717) is 35.9 Å². The van der Waals surface area contributed by atoms with Gasteiger partial charge >= 0.3 is 0 Å². The number of nitrogens with one attached hydrogen (secondary N) is 1. The second-order valence-electron chi connectivity index (χ2n) is 5.58. The minimum absolute atomic E-state index is 0.0886. The Kier molecular flexibility index (Phi) is 7.48. The van der Waals surface area contributed by atoms with E-state index < -0.39 is 5.91 Å². The lowest BCUT2D eigenvalue weighted by Crippen LogP contribution is -2.39. The summed E-state index contributed by atoms with van der Waals surface area (Å²) in [5.41, 5.74) is 0.318. The van der Waals surface area contributed by atoms with Crippen molar-refractivity contribution in [3.8, 4) is 17.2 Å². The van der Waals surface area contributed by atoms with Crippen LogP contribution in [0.1, 0.15) is 22.2 Å². The molecule has 27 heavy (non-hydrogen) atoms. The van der Waals surface area contributed by atoms with E-state index in [0.717, 1.165) is 4.88 Å². The standard InChI is InChI=1S/C19H24N2O5S/c1-5-21(12-14-7-6-8-27-14)17(22)11-20-19(23)13-9-15(24-2)18(26-4)16(10-13)25-3/h6-10H,5,11-12H2,1-4H3,(H,20,23). The van der Waals surface area contributed by atoms with Crippen LogP contribution in [-0.4, -0.2) is 51.1 Å². The van der Waals surface area contributed by atoms with Crippen LogP contribution in [0.2, 0.25) is 0 Å². The van der Waals surface area contributed by atoms with Crippen LogP contribution in [0.15, 0.2) is 29.6 Å². The zero-order valence-corrected chi connectivity index (χ0v) is 16.7. The van der Waals surface area contributed by atoms with Gasteiger partial charge in [-0.25, -0.2) is 0 Å². The van der Waals surface area contributed by atoms with Crippen molar-refractivity contribution in [3.63, 3.8) is 0 Å². The van der Waals surface area contributed by atoms with Gasteiger partial charge in [0.25, 0.3) is 5.91 Å². The predicted octanol–water partition coefficient (Wildman–Crippen LogP) is 2.55. The first-order chi connectivity index (χ1) is 13.0. The normalized spacial score (nSPS) is 10.2. The molecule has 0 atom stereocenters. The van der Waals surface area contributed by atoms with Crippen molar-refractivity contribution in [2.24, 2.45) is 0 Å². The fourth-order valence-electron chi connectivity index (χ4n) is 2.55. The number of carbonyl (C=O) groups excluding carboxylic acids is 2. The number of hydrogen-bond donors (Lipinski definition) is 1. The molecule has 0 aliphatic rings. The number of amides is 2. The Balaban J connectivity index is 2.05. The van der Waals surface area contributed by atoms with Crippen LogP contribution in [0.5, 0.6) is 17.2 Å². The number of carbonyl (C=O) groups is 2. The van der Waals surface area contributed by atoms with Crippen molar-refractivity contribution in [1.82, 2.24) is 10.2 Å². The molecular formula is C19H24N2O5S. The Morgan fingerprint density at radius 3 is 2.26 bits per heavy atom. The van der Waals surface area contributed by atoms with E-state index in [2.05, 4.69) is 5.32 Å². The van der Waals surface area contributed by atoms with Crippen LogP contribution in [-0.2, 0) is 11.3 Å². The highest BCUT2D eigenvalue weighted by Crippen LogP contribution is 2.38. The summed E-state index contributed by atoms with van der Waals surface area (Å²) in [6.45, 7) is 2.92. The molecule has 2 rings (SSSR count). The van der Waals surface area contributed by atoms with Crippen LogP contribution in [0.4, 0.5) is 0 Å². The lowest BCUT2D eigenvalue weighted by Gasteiger charge is -2.20. The maximum Gasteiger partial charge on any atom is 0.251 e. The van der Waals surface area contributed by atoms with Crippen molar-refractivity contribution in [2.45, 2.75) is 13.5 Å². The third-order valence-corrected chi connectivity index (χ3v) is 4.85. The minimum atomic E-state index is -0.394. The predicted molar refractivity (Wildman–Crippen MR) is 104 cm³/mol. The maximum atomic E-state index is 12.5. The molecule has 0 aliphatic heterocycles. The lowest BCUT2D eigenvalue weighted by atomic mass is 10.1. The fourth-order valence-corrected chi connectivity index (χ4v) is 3.27. The number of rotatable bonds is 9. The van der Waals surface area contributed by atoms with Gasteiger partial charge in [0.2, 0.25) is 11.7 Å². The summed E-state index contributed by atoms with van der Waals surface area (Å²) >= 11 is 1.60. The van der Waals surface area contributed by atoms with Gasteiger partial charge in [0, 0.05) is 17.0 Å². The number of likely N-dealkylation sites (N-methyl/N-ethyl adjacent to an activating group) is 1.